The van der Waals surface area contributed by atoms with E-state index in [1.165, 1.54) is 12.1 Å². The number of aromatic amines is 1. The fraction of sp³-hybridized carbons (Fsp3) is 0.136. The standard InChI is InChI=1S/C22H16BrF3N6O.C22H17F3N6O2/c1-11-3-4-14(30-20(33)12-5-6-28-17(8-12)22(24,25)26)9-15(11)16-7-13-10-29-21(27-2)32-19(13)31-18(16)23;1-11-3-4-14(29-19(32)12-5-6-27-17(8-12)22(23,24)25)9-15(11)16-7-13-10-28-21(26-2)31-18(13)30-20(16)33/h3-10H,1-2H3,(H,30,33)(H,27,29,31,32);3-10H,1-2H3,(H,29,32)(H2,26,28,30,31,33). The maximum Gasteiger partial charge on any atom is 0.433 e. The van der Waals surface area contributed by atoms with E-state index in [0.717, 1.165) is 40.0 Å². The van der Waals surface area contributed by atoms with E-state index in [2.05, 4.69) is 77.1 Å². The lowest BCUT2D eigenvalue weighted by molar-refractivity contribution is -0.142. The summed E-state index contributed by atoms with van der Waals surface area (Å²) in [5, 5.41) is 12.2. The van der Waals surface area contributed by atoms with Gasteiger partial charge in [-0.1, -0.05) is 12.1 Å². The molecule has 6 aromatic heterocycles. The number of pyridine rings is 4. The van der Waals surface area contributed by atoms with Crippen LogP contribution in [0.25, 0.3) is 44.3 Å². The monoisotopic (exact) mass is 970 g/mol. The quantitative estimate of drug-likeness (QED) is 0.0714. The molecule has 8 aromatic rings. The summed E-state index contributed by atoms with van der Waals surface area (Å²) >= 11 is 3.48. The molecule has 66 heavy (non-hydrogen) atoms. The molecule has 0 atom stereocenters. The van der Waals surface area contributed by atoms with Gasteiger partial charge >= 0.3 is 12.4 Å². The summed E-state index contributed by atoms with van der Waals surface area (Å²) in [5.74, 6) is -0.614. The Morgan fingerprint density at radius 2 is 1.08 bits per heavy atom. The summed E-state index contributed by atoms with van der Waals surface area (Å²) in [6.07, 6.45) is -4.20. The van der Waals surface area contributed by atoms with Gasteiger partial charge < -0.3 is 26.3 Å². The van der Waals surface area contributed by atoms with Gasteiger partial charge in [0.05, 0.1) is 0 Å². The number of hydrogen-bond donors (Lipinski definition) is 5. The SMILES string of the molecule is CNc1ncc2cc(-c3cc(NC(=O)c4ccnc(C(F)(F)F)c4)ccc3C)c(=O)[nH]c2n1.CNc1ncc2cc(-c3cc(NC(=O)c4ccnc(C(F)(F)F)c4)ccc3C)c(Br)nc2n1. The van der Waals surface area contributed by atoms with Crippen LogP contribution in [0.1, 0.15) is 43.2 Å². The lowest BCUT2D eigenvalue weighted by Gasteiger charge is -2.13. The van der Waals surface area contributed by atoms with Crippen molar-refractivity contribution in [1.82, 2.24) is 39.9 Å². The molecule has 0 spiro atoms. The Kier molecular flexibility index (Phi) is 13.1. The maximum absolute atomic E-state index is 12.9. The zero-order chi connectivity index (χ0) is 47.5. The van der Waals surface area contributed by atoms with Crippen molar-refractivity contribution in [2.45, 2.75) is 26.2 Å². The molecule has 0 radical (unpaired) electrons. The molecule has 0 bridgehead atoms. The average Bonchev–Trinajstić information content (AvgIpc) is 3.29. The second-order valence-electron chi connectivity index (χ2n) is 14.3. The van der Waals surface area contributed by atoms with Crippen molar-refractivity contribution < 1.29 is 35.9 Å². The molecule has 15 nitrogen and oxygen atoms in total. The van der Waals surface area contributed by atoms with Gasteiger partial charge in [0.25, 0.3) is 17.4 Å². The van der Waals surface area contributed by atoms with Crippen LogP contribution in [0.2, 0.25) is 0 Å². The number of aryl methyl sites for hydroxylation is 2. The molecular formula is C44H33BrF6N12O3. The molecule has 0 saturated carbocycles. The van der Waals surface area contributed by atoms with E-state index in [4.69, 9.17) is 0 Å². The van der Waals surface area contributed by atoms with Crippen LogP contribution in [0.3, 0.4) is 0 Å². The predicted octanol–water partition coefficient (Wildman–Crippen LogP) is 9.47. The fourth-order valence-electron chi connectivity index (χ4n) is 6.40. The second-order valence-corrected chi connectivity index (χ2v) is 15.0. The minimum absolute atomic E-state index is 0.148. The Labute approximate surface area is 377 Å². The van der Waals surface area contributed by atoms with Gasteiger partial charge in [-0.05, 0) is 113 Å². The number of hydrogen-bond acceptors (Lipinski definition) is 12. The number of nitrogens with zero attached hydrogens (tertiary/aromatic N) is 7. The lowest BCUT2D eigenvalue weighted by Crippen LogP contribution is -2.15. The molecule has 8 rings (SSSR count). The van der Waals surface area contributed by atoms with Crippen LogP contribution in [0.5, 0.6) is 0 Å². The highest BCUT2D eigenvalue weighted by Gasteiger charge is 2.34. The number of carbonyl (C=O) groups excluding carboxylic acids is 2. The summed E-state index contributed by atoms with van der Waals surface area (Å²) in [7, 11) is 3.37. The first-order valence-electron chi connectivity index (χ1n) is 19.3. The number of halogens is 7. The molecular weight excluding hydrogens is 938 g/mol. The first-order chi connectivity index (χ1) is 31.3. The number of H-pyrrole nitrogens is 1. The maximum atomic E-state index is 12.9. The zero-order valence-electron chi connectivity index (χ0n) is 34.7. The number of aromatic nitrogens is 8. The molecule has 0 aliphatic heterocycles. The van der Waals surface area contributed by atoms with E-state index in [1.54, 1.807) is 75.9 Å². The molecule has 2 amide bonds. The Morgan fingerprint density at radius 1 is 0.591 bits per heavy atom. The van der Waals surface area contributed by atoms with Gasteiger partial charge in [0, 0.05) is 83.3 Å². The topological polar surface area (TPSA) is 205 Å². The van der Waals surface area contributed by atoms with Crippen molar-refractivity contribution in [1.29, 1.82) is 0 Å². The Morgan fingerprint density at radius 3 is 1.59 bits per heavy atom. The predicted molar refractivity (Wildman–Crippen MR) is 239 cm³/mol. The van der Waals surface area contributed by atoms with Gasteiger partial charge in [0.1, 0.15) is 21.6 Å². The normalized spacial score (nSPS) is 11.4. The van der Waals surface area contributed by atoms with Gasteiger partial charge in [0.2, 0.25) is 11.9 Å². The largest absolute Gasteiger partial charge is 0.433 e. The van der Waals surface area contributed by atoms with Crippen LogP contribution >= 0.6 is 15.9 Å². The van der Waals surface area contributed by atoms with Gasteiger partial charge in [0.15, 0.2) is 5.65 Å². The van der Waals surface area contributed by atoms with Crippen LogP contribution in [0.15, 0.2) is 107 Å². The highest BCUT2D eigenvalue weighted by molar-refractivity contribution is 9.10. The third-order valence-corrected chi connectivity index (χ3v) is 10.4. The smallest absolute Gasteiger partial charge is 0.357 e. The van der Waals surface area contributed by atoms with Crippen molar-refractivity contribution in [3.05, 3.63) is 146 Å². The first kappa shape index (κ1) is 46.1. The first-order valence-corrected chi connectivity index (χ1v) is 20.1. The Balaban J connectivity index is 0.000000196. The third-order valence-electron chi connectivity index (χ3n) is 9.76. The Hall–Kier alpha value is -7.88. The number of benzene rings is 2. The van der Waals surface area contributed by atoms with Crippen molar-refractivity contribution in [2.24, 2.45) is 0 Å². The summed E-state index contributed by atoms with van der Waals surface area (Å²) in [6, 6.07) is 17.4. The summed E-state index contributed by atoms with van der Waals surface area (Å²) < 4.78 is 78.0. The molecule has 0 aliphatic rings. The van der Waals surface area contributed by atoms with Crippen molar-refractivity contribution in [3.63, 3.8) is 0 Å². The van der Waals surface area contributed by atoms with Gasteiger partial charge in [-0.15, -0.1) is 0 Å². The van der Waals surface area contributed by atoms with E-state index in [9.17, 15) is 40.7 Å². The zero-order valence-corrected chi connectivity index (χ0v) is 36.3. The molecule has 2 aromatic carbocycles. The molecule has 0 aliphatic carbocycles. The summed E-state index contributed by atoms with van der Waals surface area (Å²) in [6.45, 7) is 3.69. The van der Waals surface area contributed by atoms with Gasteiger partial charge in [-0.3, -0.25) is 24.4 Å². The minimum Gasteiger partial charge on any atom is -0.357 e. The molecule has 0 unspecified atom stereocenters. The van der Waals surface area contributed by atoms with E-state index in [1.807, 2.05) is 13.0 Å². The molecule has 6 heterocycles. The van der Waals surface area contributed by atoms with Gasteiger partial charge in [-0.25, -0.2) is 15.0 Å². The van der Waals surface area contributed by atoms with E-state index in [-0.39, 0.29) is 11.1 Å². The van der Waals surface area contributed by atoms with E-state index < -0.39 is 41.1 Å². The number of rotatable bonds is 8. The van der Waals surface area contributed by atoms with Crippen LogP contribution < -0.4 is 26.8 Å². The van der Waals surface area contributed by atoms with Crippen molar-refractivity contribution in [3.8, 4) is 22.3 Å². The molecule has 0 fully saturated rings. The highest BCUT2D eigenvalue weighted by atomic mass is 79.9. The summed E-state index contributed by atoms with van der Waals surface area (Å²) in [5.41, 5.74) is 2.64. The fourth-order valence-corrected chi connectivity index (χ4v) is 6.90. The number of alkyl halides is 6. The van der Waals surface area contributed by atoms with Crippen molar-refractivity contribution >= 4 is 73.1 Å². The summed E-state index contributed by atoms with van der Waals surface area (Å²) in [4.78, 5) is 68.5. The number of anilines is 4. The van der Waals surface area contributed by atoms with E-state index in [0.29, 0.717) is 67.8 Å². The average molecular weight is 972 g/mol. The van der Waals surface area contributed by atoms with Crippen LogP contribution in [-0.4, -0.2) is 65.8 Å². The molecule has 5 N–H and O–H groups in total. The highest BCUT2D eigenvalue weighted by Crippen LogP contribution is 2.35. The minimum atomic E-state index is -4.66. The molecule has 0 saturated heterocycles. The third kappa shape index (κ3) is 10.4. The molecule has 336 valence electrons. The van der Waals surface area contributed by atoms with Crippen LogP contribution in [-0.2, 0) is 12.4 Å². The van der Waals surface area contributed by atoms with E-state index >= 15 is 0 Å². The van der Waals surface area contributed by atoms with Crippen LogP contribution in [0, 0.1) is 13.8 Å². The number of nitrogens with one attached hydrogen (secondary N) is 5. The van der Waals surface area contributed by atoms with Gasteiger partial charge in [-0.2, -0.15) is 36.3 Å². The molecule has 22 heteroatoms. The Bertz CT molecular complexity index is 3240. The van der Waals surface area contributed by atoms with Crippen LogP contribution in [0.4, 0.5) is 49.6 Å². The number of amides is 2. The second kappa shape index (κ2) is 18.7. The number of fused-ring (bicyclic) bond motifs is 2. The van der Waals surface area contributed by atoms with Crippen molar-refractivity contribution in [2.75, 3.05) is 35.4 Å². The number of carbonyl (C=O) groups is 2. The lowest BCUT2D eigenvalue weighted by atomic mass is 10.00.